The van der Waals surface area contributed by atoms with Gasteiger partial charge >= 0.3 is 7.60 Å². The number of pyridine rings is 1. The summed E-state index contributed by atoms with van der Waals surface area (Å²) in [7, 11) is -3.73. The highest BCUT2D eigenvalue weighted by Gasteiger charge is 2.31. The van der Waals surface area contributed by atoms with Crippen LogP contribution in [0.15, 0.2) is 134 Å². The van der Waals surface area contributed by atoms with E-state index in [0.29, 0.717) is 35.8 Å². The molecule has 0 radical (unpaired) electrons. The zero-order chi connectivity index (χ0) is 27.2. The average Bonchev–Trinajstić information content (AvgIpc) is 3.39. The van der Waals surface area contributed by atoms with E-state index >= 15 is 0 Å². The van der Waals surface area contributed by atoms with Crippen molar-refractivity contribution < 1.29 is 18.3 Å². The van der Waals surface area contributed by atoms with Gasteiger partial charge in [0.2, 0.25) is 5.88 Å². The number of nitrogens with zero attached hydrogens (tertiary/aromatic N) is 3. The Kier molecular flexibility index (Phi) is 7.29. The van der Waals surface area contributed by atoms with E-state index in [1.54, 1.807) is 42.7 Å². The smallest absolute Gasteiger partial charge is 0.462 e. The second-order valence-corrected chi connectivity index (χ2v) is 11.0. The topological polar surface area (TPSA) is 75.5 Å². The van der Waals surface area contributed by atoms with Crippen molar-refractivity contribution in [2.45, 2.75) is 13.2 Å². The van der Waals surface area contributed by atoms with Gasteiger partial charge in [-0.25, -0.2) is 9.55 Å². The lowest BCUT2D eigenvalue weighted by Crippen LogP contribution is -2.15. The molecule has 198 valence electrons. The third-order valence-corrected chi connectivity index (χ3v) is 8.04. The molecule has 0 saturated carbocycles. The monoisotopic (exact) mass is 547 g/mol. The molecule has 0 N–H and O–H groups in total. The molecule has 2 aromatic heterocycles. The van der Waals surface area contributed by atoms with Crippen molar-refractivity contribution in [1.82, 2.24) is 14.5 Å². The zero-order valence-electron chi connectivity index (χ0n) is 21.5. The van der Waals surface area contributed by atoms with Gasteiger partial charge in [-0.2, -0.15) is 4.98 Å². The number of rotatable bonds is 10. The van der Waals surface area contributed by atoms with Crippen molar-refractivity contribution in [2.24, 2.45) is 0 Å². The van der Waals surface area contributed by atoms with E-state index in [1.807, 2.05) is 95.6 Å². The molecule has 0 saturated heterocycles. The summed E-state index contributed by atoms with van der Waals surface area (Å²) in [6, 6.07) is 39.1. The second kappa shape index (κ2) is 11.5. The molecular weight excluding hydrogens is 521 g/mol. The summed E-state index contributed by atoms with van der Waals surface area (Å²) in [6.45, 7) is 0.959. The van der Waals surface area contributed by atoms with Crippen LogP contribution in [0.3, 0.4) is 0 Å². The molecule has 2 heterocycles. The van der Waals surface area contributed by atoms with Crippen LogP contribution in [0.4, 0.5) is 0 Å². The van der Waals surface area contributed by atoms with Crippen molar-refractivity contribution in [2.75, 3.05) is 0 Å². The van der Waals surface area contributed by atoms with Crippen molar-refractivity contribution in [3.05, 3.63) is 145 Å². The van der Waals surface area contributed by atoms with E-state index in [0.717, 1.165) is 22.3 Å². The molecule has 6 aromatic rings. The van der Waals surface area contributed by atoms with Crippen molar-refractivity contribution in [3.8, 4) is 17.4 Å². The standard InChI is InChI=1S/C32H26N3O4P/c36-40(38-27-12-6-2-7-13-27,39-28-14-8-3-9-15-28)29-18-16-25(17-19-29)22-35-24-33-30-20-21-31(34-32(30)35)37-23-26-10-4-1-5-11-26/h1-21,24H,22-23H2. The fourth-order valence-corrected chi connectivity index (χ4v) is 5.76. The lowest BCUT2D eigenvalue weighted by atomic mass is 10.2. The van der Waals surface area contributed by atoms with Crippen LogP contribution in [0.1, 0.15) is 11.1 Å². The number of hydrogen-bond donors (Lipinski definition) is 0. The Hall–Kier alpha value is -4.87. The highest BCUT2D eigenvalue weighted by molar-refractivity contribution is 7.63. The van der Waals surface area contributed by atoms with Crippen LogP contribution in [0.25, 0.3) is 11.2 Å². The highest BCUT2D eigenvalue weighted by atomic mass is 31.2. The fraction of sp³-hybridized carbons (Fsp3) is 0.0625. The van der Waals surface area contributed by atoms with E-state index in [1.165, 1.54) is 0 Å². The maximum absolute atomic E-state index is 14.1. The van der Waals surface area contributed by atoms with Gasteiger partial charge in [-0.15, -0.1) is 0 Å². The molecule has 0 aliphatic carbocycles. The number of benzene rings is 4. The van der Waals surface area contributed by atoms with Gasteiger partial charge in [-0.3, -0.25) is 0 Å². The first-order chi connectivity index (χ1) is 19.6. The van der Waals surface area contributed by atoms with Gasteiger partial charge in [0.15, 0.2) is 5.65 Å². The number of hydrogen-bond acceptors (Lipinski definition) is 6. The summed E-state index contributed by atoms with van der Waals surface area (Å²) in [5.74, 6) is 1.46. The van der Waals surface area contributed by atoms with Crippen LogP contribution < -0.4 is 19.1 Å². The highest BCUT2D eigenvalue weighted by Crippen LogP contribution is 2.47. The Morgan fingerprint density at radius 3 is 1.88 bits per heavy atom. The molecule has 0 aliphatic rings. The summed E-state index contributed by atoms with van der Waals surface area (Å²) < 4.78 is 33.9. The predicted octanol–water partition coefficient (Wildman–Crippen LogP) is 7.04. The molecule has 6 rings (SSSR count). The largest absolute Gasteiger partial charge is 0.473 e. The minimum Gasteiger partial charge on any atom is -0.473 e. The number of para-hydroxylation sites is 2. The maximum atomic E-state index is 14.1. The van der Waals surface area contributed by atoms with Crippen LogP contribution in [0.2, 0.25) is 0 Å². The first-order valence-electron chi connectivity index (χ1n) is 12.8. The summed E-state index contributed by atoms with van der Waals surface area (Å²) in [5, 5.41) is 0.453. The third kappa shape index (κ3) is 5.90. The molecule has 0 aliphatic heterocycles. The number of ether oxygens (including phenoxy) is 1. The van der Waals surface area contributed by atoms with Gasteiger partial charge in [0, 0.05) is 6.07 Å². The normalized spacial score (nSPS) is 11.3. The van der Waals surface area contributed by atoms with Crippen LogP contribution >= 0.6 is 7.60 Å². The molecule has 0 atom stereocenters. The van der Waals surface area contributed by atoms with Crippen LogP contribution in [-0.2, 0) is 17.7 Å². The Morgan fingerprint density at radius 1 is 0.650 bits per heavy atom. The lowest BCUT2D eigenvalue weighted by Gasteiger charge is -2.20. The summed E-state index contributed by atoms with van der Waals surface area (Å²) >= 11 is 0. The minimum atomic E-state index is -3.73. The zero-order valence-corrected chi connectivity index (χ0v) is 22.4. The molecule has 0 unspecified atom stereocenters. The number of aromatic nitrogens is 3. The molecular formula is C32H26N3O4P. The summed E-state index contributed by atoms with van der Waals surface area (Å²) in [5.41, 5.74) is 3.55. The molecule has 0 fully saturated rings. The summed E-state index contributed by atoms with van der Waals surface area (Å²) in [4.78, 5) is 9.18. The van der Waals surface area contributed by atoms with Gasteiger partial charge in [0.05, 0.1) is 18.2 Å². The minimum absolute atomic E-state index is 0.436. The molecule has 4 aromatic carbocycles. The van der Waals surface area contributed by atoms with Crippen LogP contribution in [-0.4, -0.2) is 14.5 Å². The predicted molar refractivity (Wildman–Crippen MR) is 155 cm³/mol. The van der Waals surface area contributed by atoms with Crippen LogP contribution in [0.5, 0.6) is 17.4 Å². The van der Waals surface area contributed by atoms with Gasteiger partial charge < -0.3 is 18.4 Å². The maximum Gasteiger partial charge on any atom is 0.462 e. The average molecular weight is 548 g/mol. The number of fused-ring (bicyclic) bond motifs is 1. The first-order valence-corrected chi connectivity index (χ1v) is 14.4. The van der Waals surface area contributed by atoms with E-state index in [-0.39, 0.29) is 0 Å². The van der Waals surface area contributed by atoms with E-state index < -0.39 is 7.60 Å². The molecule has 7 nitrogen and oxygen atoms in total. The third-order valence-electron chi connectivity index (χ3n) is 6.21. The lowest BCUT2D eigenvalue weighted by molar-refractivity contribution is 0.294. The van der Waals surface area contributed by atoms with Crippen molar-refractivity contribution in [3.63, 3.8) is 0 Å². The van der Waals surface area contributed by atoms with Gasteiger partial charge in [-0.1, -0.05) is 78.9 Å². The molecule has 40 heavy (non-hydrogen) atoms. The molecule has 0 spiro atoms. The fourth-order valence-electron chi connectivity index (χ4n) is 4.19. The van der Waals surface area contributed by atoms with Crippen LogP contribution in [0, 0.1) is 0 Å². The van der Waals surface area contributed by atoms with Gasteiger partial charge in [-0.05, 0) is 53.6 Å². The van der Waals surface area contributed by atoms with Crippen molar-refractivity contribution in [1.29, 1.82) is 0 Å². The van der Waals surface area contributed by atoms with E-state index in [2.05, 4.69) is 4.98 Å². The SMILES string of the molecule is O=P(Oc1ccccc1)(Oc1ccccc1)c1ccc(Cn2cnc3ccc(OCc4ccccc4)nc32)cc1. The number of imidazole rings is 1. The van der Waals surface area contributed by atoms with Gasteiger partial charge in [0.25, 0.3) is 0 Å². The summed E-state index contributed by atoms with van der Waals surface area (Å²) in [6.07, 6.45) is 1.76. The molecule has 8 heteroatoms. The first kappa shape index (κ1) is 25.4. The Morgan fingerprint density at radius 2 is 1.25 bits per heavy atom. The quantitative estimate of drug-likeness (QED) is 0.171. The molecule has 0 amide bonds. The van der Waals surface area contributed by atoms with E-state index in [4.69, 9.17) is 18.8 Å². The Labute approximate surface area is 232 Å². The second-order valence-electron chi connectivity index (χ2n) is 9.11. The van der Waals surface area contributed by atoms with Crippen molar-refractivity contribution >= 4 is 24.1 Å². The Bertz CT molecular complexity index is 1700. The molecule has 0 bridgehead atoms. The van der Waals surface area contributed by atoms with E-state index in [9.17, 15) is 4.57 Å². The van der Waals surface area contributed by atoms with Gasteiger partial charge in [0.1, 0.15) is 23.6 Å². The Balaban J connectivity index is 1.22.